The lowest BCUT2D eigenvalue weighted by Crippen LogP contribution is -2.54. The Balaban J connectivity index is 1.39. The predicted molar refractivity (Wildman–Crippen MR) is 173 cm³/mol. The van der Waals surface area contributed by atoms with E-state index in [4.69, 9.17) is 27.9 Å². The summed E-state index contributed by atoms with van der Waals surface area (Å²) in [6.07, 6.45) is -3.46. The maximum atomic E-state index is 14.3. The number of hydrogen-bond donors (Lipinski definition) is 2. The molecule has 260 valence electrons. The Morgan fingerprint density at radius 2 is 1.77 bits per heavy atom. The van der Waals surface area contributed by atoms with Crippen LogP contribution in [0.5, 0.6) is 5.75 Å². The van der Waals surface area contributed by atoms with Crippen molar-refractivity contribution in [2.24, 2.45) is 0 Å². The highest BCUT2D eigenvalue weighted by atomic mass is 35.5. The zero-order valence-corrected chi connectivity index (χ0v) is 28.6. The van der Waals surface area contributed by atoms with E-state index in [9.17, 15) is 36.9 Å². The summed E-state index contributed by atoms with van der Waals surface area (Å²) in [6, 6.07) is 8.25. The first-order valence-electron chi connectivity index (χ1n) is 15.8. The Bertz CT molecular complexity index is 1550. The number of nitrogens with one attached hydrogen (secondary N) is 2. The van der Waals surface area contributed by atoms with Crippen LogP contribution >= 0.6 is 23.2 Å². The van der Waals surface area contributed by atoms with Gasteiger partial charge in [0.25, 0.3) is 5.91 Å². The van der Waals surface area contributed by atoms with Gasteiger partial charge in [-0.05, 0) is 80.0 Å². The van der Waals surface area contributed by atoms with Gasteiger partial charge in [-0.15, -0.1) is 0 Å². The average Bonchev–Trinajstić information content (AvgIpc) is 3.97. The fourth-order valence-electron chi connectivity index (χ4n) is 5.86. The van der Waals surface area contributed by atoms with Crippen molar-refractivity contribution in [3.63, 3.8) is 0 Å². The van der Waals surface area contributed by atoms with Crippen molar-refractivity contribution in [2.75, 3.05) is 6.54 Å². The molecule has 0 bridgehead atoms. The van der Waals surface area contributed by atoms with Crippen LogP contribution in [-0.4, -0.2) is 75.2 Å². The predicted octanol–water partition coefficient (Wildman–Crippen LogP) is 5.26. The first kappa shape index (κ1) is 36.3. The van der Waals surface area contributed by atoms with E-state index in [-0.39, 0.29) is 47.0 Å². The van der Waals surface area contributed by atoms with Crippen LogP contribution in [0.25, 0.3) is 0 Å². The molecule has 0 spiro atoms. The topological polar surface area (TPSA) is 128 Å². The average molecular weight is 731 g/mol. The molecule has 3 aliphatic rings. The fraction of sp³-hybridized carbons (Fsp3) is 0.515. The van der Waals surface area contributed by atoms with Crippen molar-refractivity contribution in [1.82, 2.24) is 15.5 Å². The second-order valence-corrected chi connectivity index (χ2v) is 15.1. The summed E-state index contributed by atoms with van der Waals surface area (Å²) < 4.78 is 57.9. The fourth-order valence-corrected chi connectivity index (χ4v) is 7.85. The van der Waals surface area contributed by atoms with Crippen LogP contribution in [0.1, 0.15) is 64.4 Å². The van der Waals surface area contributed by atoms with E-state index in [1.807, 2.05) is 6.92 Å². The molecule has 15 heteroatoms. The first-order chi connectivity index (χ1) is 22.6. The molecule has 2 saturated carbocycles. The normalized spacial score (nSPS) is 22.0. The van der Waals surface area contributed by atoms with Crippen molar-refractivity contribution in [1.29, 1.82) is 0 Å². The lowest BCUT2D eigenvalue weighted by molar-refractivity contribution is -0.189. The maximum absolute atomic E-state index is 14.3. The highest BCUT2D eigenvalue weighted by Gasteiger charge is 2.57. The minimum Gasteiger partial charge on any atom is -0.611 e. The number of benzene rings is 2. The molecule has 5 rings (SSSR count). The quantitative estimate of drug-likeness (QED) is 0.214. The minimum absolute atomic E-state index is 0.0537. The van der Waals surface area contributed by atoms with Crippen molar-refractivity contribution in [3.05, 3.63) is 58.1 Å². The molecule has 48 heavy (non-hydrogen) atoms. The Labute approximate surface area is 289 Å². The van der Waals surface area contributed by atoms with E-state index < -0.39 is 63.8 Å². The van der Waals surface area contributed by atoms with Crippen LogP contribution in [0.15, 0.2) is 47.4 Å². The molecule has 9 nitrogen and oxygen atoms in total. The van der Waals surface area contributed by atoms with Gasteiger partial charge in [0.1, 0.15) is 17.0 Å². The Kier molecular flexibility index (Phi) is 10.9. The number of alkyl halides is 3. The summed E-state index contributed by atoms with van der Waals surface area (Å²) in [4.78, 5) is 55.2. The van der Waals surface area contributed by atoms with Gasteiger partial charge in [-0.25, -0.2) is 0 Å². The monoisotopic (exact) mass is 729 g/mol. The standard InChI is InChI=1S/C33H36Cl2F3N3O6S/c1-3-4-25(28(42)30(44)39-21-9-10-21)40-29(43)26-16-23(17-41(26)31(45)32(13-14-32)19-5-7-20(34)8-6-19)48(46)27-12-11-22(15-24(27)35)47-18(2)33(36,37)38/h5-8,11-12,15,18,21,23,25-26H,3-4,9-10,13-14,16-17H2,1-2H3,(H,39,44)(H,40,43)/t18-,23+,25-,26-,48?/m0/s1. The van der Waals surface area contributed by atoms with Gasteiger partial charge in [0.15, 0.2) is 11.0 Å². The zero-order chi connectivity index (χ0) is 35.0. The molecule has 1 unspecified atom stereocenters. The van der Waals surface area contributed by atoms with Gasteiger partial charge in [-0.3, -0.25) is 19.2 Å². The second-order valence-electron chi connectivity index (χ2n) is 12.6. The molecule has 2 N–H and O–H groups in total. The number of ether oxygens (including phenoxy) is 1. The van der Waals surface area contributed by atoms with Crippen molar-refractivity contribution >= 4 is 57.9 Å². The van der Waals surface area contributed by atoms with Crippen molar-refractivity contribution < 1.29 is 41.6 Å². The van der Waals surface area contributed by atoms with E-state index in [1.54, 1.807) is 24.3 Å². The van der Waals surface area contributed by atoms with Gasteiger partial charge in [0, 0.05) is 23.6 Å². The lowest BCUT2D eigenvalue weighted by Gasteiger charge is -2.29. The highest BCUT2D eigenvalue weighted by molar-refractivity contribution is 7.92. The van der Waals surface area contributed by atoms with Crippen LogP contribution < -0.4 is 15.4 Å². The highest BCUT2D eigenvalue weighted by Crippen LogP contribution is 2.51. The number of amides is 3. The van der Waals surface area contributed by atoms with Gasteiger partial charge < -0.3 is 24.8 Å². The van der Waals surface area contributed by atoms with E-state index >= 15 is 0 Å². The van der Waals surface area contributed by atoms with Gasteiger partial charge in [-0.2, -0.15) is 13.2 Å². The smallest absolute Gasteiger partial charge is 0.425 e. The van der Waals surface area contributed by atoms with Crippen LogP contribution in [0, 0.1) is 0 Å². The number of nitrogens with zero attached hydrogens (tertiary/aromatic N) is 1. The number of rotatable bonds is 13. The molecular formula is C33H36Cl2F3N3O6S. The molecule has 0 radical (unpaired) electrons. The second kappa shape index (κ2) is 14.5. The number of halogens is 5. The van der Waals surface area contributed by atoms with Gasteiger partial charge in [0.2, 0.25) is 17.6 Å². The molecule has 1 saturated heterocycles. The van der Waals surface area contributed by atoms with E-state index in [2.05, 4.69) is 10.6 Å². The van der Waals surface area contributed by atoms with E-state index in [0.717, 1.165) is 31.4 Å². The number of Topliss-reactive ketones (excluding diaryl/α,β-unsaturated/α-hetero) is 1. The van der Waals surface area contributed by atoms with Gasteiger partial charge in [0.05, 0.1) is 23.0 Å². The molecule has 2 aromatic carbocycles. The third kappa shape index (κ3) is 8.06. The Morgan fingerprint density at radius 3 is 2.33 bits per heavy atom. The molecule has 3 amide bonds. The molecule has 3 fully saturated rings. The SMILES string of the molecule is CCC[C@H](NC(=O)[C@@H]1C[C@@H]([S+]([O-])c2ccc(O[C@@H](C)C(F)(F)F)cc2Cl)CN1C(=O)C1(c2ccc(Cl)cc2)CC1)C(=O)C(=O)NC1CC1. The number of ketones is 1. The van der Waals surface area contributed by atoms with Crippen LogP contribution in [0.3, 0.4) is 0 Å². The summed E-state index contributed by atoms with van der Waals surface area (Å²) in [7, 11) is 0. The Hall–Kier alpha value is -3.00. The third-order valence-corrected chi connectivity index (χ3v) is 11.3. The molecule has 0 aromatic heterocycles. The lowest BCUT2D eigenvalue weighted by atomic mass is 9.94. The summed E-state index contributed by atoms with van der Waals surface area (Å²) >= 11 is 10.6. The van der Waals surface area contributed by atoms with Crippen LogP contribution in [0.2, 0.25) is 10.0 Å². The number of carbonyl (C=O) groups excluding carboxylic acids is 4. The van der Waals surface area contributed by atoms with Gasteiger partial charge >= 0.3 is 6.18 Å². The third-order valence-electron chi connectivity index (χ3n) is 8.93. The number of carbonyl (C=O) groups is 4. The molecular weight excluding hydrogens is 694 g/mol. The summed E-state index contributed by atoms with van der Waals surface area (Å²) in [6.45, 7) is 2.57. The largest absolute Gasteiger partial charge is 0.611 e. The minimum atomic E-state index is -4.60. The first-order valence-corrected chi connectivity index (χ1v) is 17.8. The summed E-state index contributed by atoms with van der Waals surface area (Å²) in [5.41, 5.74) is -0.184. The number of hydrogen-bond acceptors (Lipinski definition) is 6. The Morgan fingerprint density at radius 1 is 1.10 bits per heavy atom. The molecule has 1 aliphatic heterocycles. The van der Waals surface area contributed by atoms with Crippen molar-refractivity contribution in [3.8, 4) is 5.75 Å². The van der Waals surface area contributed by atoms with E-state index in [0.29, 0.717) is 24.3 Å². The molecule has 2 aliphatic carbocycles. The molecule has 1 heterocycles. The maximum Gasteiger partial charge on any atom is 0.425 e. The summed E-state index contributed by atoms with van der Waals surface area (Å²) in [5.74, 6) is -2.72. The van der Waals surface area contributed by atoms with Gasteiger partial charge in [-0.1, -0.05) is 48.7 Å². The molecule has 5 atom stereocenters. The van der Waals surface area contributed by atoms with Crippen LogP contribution in [0.4, 0.5) is 13.2 Å². The number of likely N-dealkylation sites (tertiary alicyclic amines) is 1. The van der Waals surface area contributed by atoms with Crippen molar-refractivity contribution in [2.45, 2.75) is 105 Å². The summed E-state index contributed by atoms with van der Waals surface area (Å²) in [5, 5.41) is 4.95. The van der Waals surface area contributed by atoms with Crippen LogP contribution in [-0.2, 0) is 35.8 Å². The molecule has 2 aromatic rings. The van der Waals surface area contributed by atoms with E-state index in [1.165, 1.54) is 17.0 Å². The zero-order valence-electron chi connectivity index (χ0n) is 26.3.